The van der Waals surface area contributed by atoms with Crippen LogP contribution in [0.15, 0.2) is 18.2 Å². The Morgan fingerprint density at radius 3 is 2.79 bits per heavy atom. The Balaban J connectivity index is 1.82. The van der Waals surface area contributed by atoms with E-state index in [0.717, 1.165) is 0 Å². The second kappa shape index (κ2) is 7.18. The Morgan fingerprint density at radius 1 is 1.31 bits per heavy atom. The molecule has 3 aromatic rings. The molecule has 2 aromatic carbocycles. The number of nitrogens with zero attached hydrogens (tertiary/aromatic N) is 2. The highest BCUT2D eigenvalue weighted by Crippen LogP contribution is 2.43. The summed E-state index contributed by atoms with van der Waals surface area (Å²) in [6.45, 7) is 1.96. The summed E-state index contributed by atoms with van der Waals surface area (Å²) >= 11 is 5.96. The number of aromatic amines is 1. The Bertz CT molecular complexity index is 1130. The van der Waals surface area contributed by atoms with Gasteiger partial charge in [0.15, 0.2) is 5.75 Å². The molecular weight excluding hydrogens is 404 g/mol. The molecule has 6 nitrogen and oxygen atoms in total. The van der Waals surface area contributed by atoms with E-state index in [1.807, 2.05) is 0 Å². The standard InChI is InChI=1S/C20H18ClF2N3O3/c1-9-24-13-6-10(20(27)26(2)3)7-15(18(13)25-9)29-14-4-5-28-19-16(14)11(22)8-12(23)17(19)21/h6-8,14H,4-5H2,1-3H3,(H,24,25)/t14-/m0/s1. The SMILES string of the molecule is Cc1nc2c(O[C@H]3CCOc4c(Cl)c(F)cc(F)c43)cc(C(=O)N(C)C)cc2[nH]1. The van der Waals surface area contributed by atoms with Gasteiger partial charge in [-0.05, 0) is 19.1 Å². The first-order chi connectivity index (χ1) is 13.8. The van der Waals surface area contributed by atoms with Crippen molar-refractivity contribution in [3.8, 4) is 11.5 Å². The average Bonchev–Trinajstić information content (AvgIpc) is 3.05. The third-order valence-electron chi connectivity index (χ3n) is 4.71. The van der Waals surface area contributed by atoms with Gasteiger partial charge in [0.25, 0.3) is 5.91 Å². The minimum absolute atomic E-state index is 0.0485. The molecule has 1 aliphatic heterocycles. The van der Waals surface area contributed by atoms with Gasteiger partial charge >= 0.3 is 0 Å². The quantitative estimate of drug-likeness (QED) is 0.636. The first-order valence-corrected chi connectivity index (χ1v) is 9.33. The van der Waals surface area contributed by atoms with Gasteiger partial charge in [-0.2, -0.15) is 0 Å². The lowest BCUT2D eigenvalue weighted by Crippen LogP contribution is -2.23. The first kappa shape index (κ1) is 19.4. The van der Waals surface area contributed by atoms with Crippen molar-refractivity contribution in [3.05, 3.63) is 51.8 Å². The number of hydrogen-bond acceptors (Lipinski definition) is 4. The highest BCUT2D eigenvalue weighted by Gasteiger charge is 2.31. The molecule has 152 valence electrons. The van der Waals surface area contributed by atoms with Gasteiger partial charge in [-0.3, -0.25) is 4.79 Å². The van der Waals surface area contributed by atoms with Crippen molar-refractivity contribution in [2.24, 2.45) is 0 Å². The molecule has 0 bridgehead atoms. The summed E-state index contributed by atoms with van der Waals surface area (Å²) in [6, 6.07) is 3.98. The third kappa shape index (κ3) is 3.37. The minimum Gasteiger partial charge on any atom is -0.491 e. The van der Waals surface area contributed by atoms with Gasteiger partial charge in [-0.15, -0.1) is 0 Å². The van der Waals surface area contributed by atoms with Crippen LogP contribution in [0, 0.1) is 18.6 Å². The van der Waals surface area contributed by atoms with Crippen LogP contribution in [0.5, 0.6) is 11.5 Å². The molecule has 0 spiro atoms. The number of halogens is 3. The number of hydrogen-bond donors (Lipinski definition) is 1. The highest BCUT2D eigenvalue weighted by atomic mass is 35.5. The van der Waals surface area contributed by atoms with Crippen molar-refractivity contribution >= 4 is 28.5 Å². The van der Waals surface area contributed by atoms with Crippen LogP contribution >= 0.6 is 11.6 Å². The Morgan fingerprint density at radius 2 is 2.07 bits per heavy atom. The molecule has 1 amide bonds. The molecule has 0 unspecified atom stereocenters. The van der Waals surface area contributed by atoms with E-state index in [2.05, 4.69) is 9.97 Å². The van der Waals surface area contributed by atoms with Crippen molar-refractivity contribution in [3.63, 3.8) is 0 Å². The van der Waals surface area contributed by atoms with Gasteiger partial charge in [-0.1, -0.05) is 11.6 Å². The van der Waals surface area contributed by atoms with Gasteiger partial charge in [0.2, 0.25) is 0 Å². The number of benzene rings is 2. The lowest BCUT2D eigenvalue weighted by atomic mass is 10.0. The van der Waals surface area contributed by atoms with Crippen molar-refractivity contribution in [2.75, 3.05) is 20.7 Å². The number of amides is 1. The molecule has 1 N–H and O–H groups in total. The Hall–Kier alpha value is -2.87. The molecule has 29 heavy (non-hydrogen) atoms. The number of aromatic nitrogens is 2. The Labute approximate surface area is 170 Å². The number of rotatable bonds is 3. The first-order valence-electron chi connectivity index (χ1n) is 8.95. The minimum atomic E-state index is -0.896. The molecule has 1 atom stereocenters. The summed E-state index contributed by atoms with van der Waals surface area (Å²) in [4.78, 5) is 21.4. The van der Waals surface area contributed by atoms with E-state index in [9.17, 15) is 13.6 Å². The maximum Gasteiger partial charge on any atom is 0.253 e. The molecule has 1 aromatic heterocycles. The van der Waals surface area contributed by atoms with Crippen LogP contribution in [-0.2, 0) is 0 Å². The van der Waals surface area contributed by atoms with E-state index in [1.165, 1.54) is 4.90 Å². The number of aryl methyl sites for hydroxylation is 1. The number of ether oxygens (including phenoxy) is 2. The second-order valence-electron chi connectivity index (χ2n) is 7.03. The number of nitrogens with one attached hydrogen (secondary N) is 1. The molecule has 0 saturated heterocycles. The third-order valence-corrected chi connectivity index (χ3v) is 5.06. The average molecular weight is 422 g/mol. The monoisotopic (exact) mass is 421 g/mol. The number of carbonyl (C=O) groups is 1. The fraction of sp³-hybridized carbons (Fsp3) is 0.300. The maximum absolute atomic E-state index is 14.6. The zero-order valence-corrected chi connectivity index (χ0v) is 16.7. The zero-order chi connectivity index (χ0) is 20.9. The molecular formula is C20H18ClF2N3O3. The number of H-pyrrole nitrogens is 1. The lowest BCUT2D eigenvalue weighted by molar-refractivity contribution is 0.0826. The fourth-order valence-corrected chi connectivity index (χ4v) is 3.60. The number of carbonyl (C=O) groups excluding carboxylic acids is 1. The van der Waals surface area contributed by atoms with Crippen molar-refractivity contribution in [2.45, 2.75) is 19.4 Å². The van der Waals surface area contributed by atoms with Gasteiger partial charge in [0.1, 0.15) is 39.9 Å². The summed E-state index contributed by atoms with van der Waals surface area (Å²) in [5.74, 6) is -1.02. The molecule has 0 saturated carbocycles. The van der Waals surface area contributed by atoms with Gasteiger partial charge < -0.3 is 19.4 Å². The molecule has 1 aliphatic rings. The van der Waals surface area contributed by atoms with E-state index < -0.39 is 17.7 Å². The molecule has 2 heterocycles. The molecule has 0 fully saturated rings. The number of fused-ring (bicyclic) bond motifs is 2. The topological polar surface area (TPSA) is 67.5 Å². The molecule has 9 heteroatoms. The fourth-order valence-electron chi connectivity index (χ4n) is 3.39. The molecule has 0 radical (unpaired) electrons. The van der Waals surface area contributed by atoms with E-state index >= 15 is 0 Å². The van der Waals surface area contributed by atoms with Crippen molar-refractivity contribution in [1.82, 2.24) is 14.9 Å². The van der Waals surface area contributed by atoms with Crippen molar-refractivity contribution in [1.29, 1.82) is 0 Å². The zero-order valence-electron chi connectivity index (χ0n) is 16.0. The van der Waals surface area contributed by atoms with Crippen LogP contribution in [0.2, 0.25) is 5.02 Å². The van der Waals surface area contributed by atoms with Gasteiger partial charge in [-0.25, -0.2) is 13.8 Å². The van der Waals surface area contributed by atoms with Crippen LogP contribution in [0.1, 0.15) is 34.3 Å². The predicted octanol–water partition coefficient (Wildman–Crippen LogP) is 4.41. The molecule has 4 rings (SSSR count). The van der Waals surface area contributed by atoms with Crippen molar-refractivity contribution < 1.29 is 23.0 Å². The second-order valence-corrected chi connectivity index (χ2v) is 7.41. The lowest BCUT2D eigenvalue weighted by Gasteiger charge is -2.28. The van der Waals surface area contributed by atoms with E-state index in [-0.39, 0.29) is 28.8 Å². The van der Waals surface area contributed by atoms with E-state index in [1.54, 1.807) is 33.2 Å². The summed E-state index contributed by atoms with van der Waals surface area (Å²) < 4.78 is 39.9. The van der Waals surface area contributed by atoms with Gasteiger partial charge in [0.05, 0.1) is 17.7 Å². The maximum atomic E-state index is 14.6. The summed E-state index contributed by atoms with van der Waals surface area (Å²) in [6.07, 6.45) is -0.454. The smallest absolute Gasteiger partial charge is 0.253 e. The number of imidazole rings is 1. The summed E-state index contributed by atoms with van der Waals surface area (Å²) in [5.41, 5.74) is 1.58. The predicted molar refractivity (Wildman–Crippen MR) is 104 cm³/mol. The highest BCUT2D eigenvalue weighted by molar-refractivity contribution is 6.32. The molecule has 0 aliphatic carbocycles. The summed E-state index contributed by atoms with van der Waals surface area (Å²) in [5, 5.41) is -0.285. The largest absolute Gasteiger partial charge is 0.491 e. The Kier molecular flexibility index (Phi) is 4.82. The van der Waals surface area contributed by atoms with E-state index in [4.69, 9.17) is 21.1 Å². The van der Waals surface area contributed by atoms with Gasteiger partial charge in [0, 0.05) is 32.1 Å². The normalized spacial score (nSPS) is 15.7. The van der Waals surface area contributed by atoms with Crippen LogP contribution in [0.4, 0.5) is 8.78 Å². The van der Waals surface area contributed by atoms with E-state index in [0.29, 0.717) is 40.7 Å². The van der Waals surface area contributed by atoms with Crippen LogP contribution in [-0.4, -0.2) is 41.5 Å². The van der Waals surface area contributed by atoms with Crippen LogP contribution < -0.4 is 9.47 Å². The van der Waals surface area contributed by atoms with Crippen LogP contribution in [0.25, 0.3) is 11.0 Å². The van der Waals surface area contributed by atoms with Crippen LogP contribution in [0.3, 0.4) is 0 Å². The summed E-state index contributed by atoms with van der Waals surface area (Å²) in [7, 11) is 3.29.